The van der Waals surface area contributed by atoms with Crippen LogP contribution >= 0.6 is 34.8 Å². The van der Waals surface area contributed by atoms with Crippen LogP contribution in [0.15, 0.2) is 48.5 Å². The first-order valence-electron chi connectivity index (χ1n) is 11.5. The summed E-state index contributed by atoms with van der Waals surface area (Å²) in [6.07, 6.45) is 1.57. The first kappa shape index (κ1) is 24.7. The Morgan fingerprint density at radius 1 is 1.00 bits per heavy atom. The molecule has 0 unspecified atom stereocenters. The molecule has 2 heterocycles. The molecule has 0 spiro atoms. The molecule has 0 aliphatic carbocycles. The predicted molar refractivity (Wildman–Crippen MR) is 143 cm³/mol. The van der Waals surface area contributed by atoms with Gasteiger partial charge in [0.25, 0.3) is 0 Å². The van der Waals surface area contributed by atoms with E-state index in [0.717, 1.165) is 29.5 Å². The first-order chi connectivity index (χ1) is 17.2. The van der Waals surface area contributed by atoms with E-state index >= 15 is 0 Å². The van der Waals surface area contributed by atoms with Gasteiger partial charge in [-0.2, -0.15) is 0 Å². The van der Waals surface area contributed by atoms with Crippen LogP contribution in [0.3, 0.4) is 0 Å². The average molecular weight is 547 g/mol. The number of hydrogen-bond acceptors (Lipinski definition) is 2. The molecule has 1 saturated heterocycles. The number of guanidine groups is 1. The number of anilines is 2. The lowest BCUT2D eigenvalue weighted by molar-refractivity contribution is 0.247. The van der Waals surface area contributed by atoms with Crippen molar-refractivity contribution in [2.45, 2.75) is 25.3 Å². The third-order valence-electron chi connectivity index (χ3n) is 6.80. The van der Waals surface area contributed by atoms with E-state index in [0.29, 0.717) is 40.1 Å². The smallest absolute Gasteiger partial charge is 0.326 e. The van der Waals surface area contributed by atoms with Crippen molar-refractivity contribution in [2.75, 3.05) is 18.0 Å². The summed E-state index contributed by atoms with van der Waals surface area (Å²) >= 11 is 19.5. The molecule has 5 rings (SSSR count). The van der Waals surface area contributed by atoms with Crippen molar-refractivity contribution in [1.82, 2.24) is 10.2 Å². The summed E-state index contributed by atoms with van der Waals surface area (Å²) in [6, 6.07) is 13.1. The molecule has 36 heavy (non-hydrogen) atoms. The monoisotopic (exact) mass is 545 g/mol. The Hall–Kier alpha value is -3.00. The second-order valence-corrected chi connectivity index (χ2v) is 10.1. The fraction of sp³-hybridized carbons (Fsp3) is 0.231. The van der Waals surface area contributed by atoms with Crippen molar-refractivity contribution in [3.63, 3.8) is 0 Å². The molecule has 10 heteroatoms. The van der Waals surface area contributed by atoms with Gasteiger partial charge in [-0.05, 0) is 66.3 Å². The van der Waals surface area contributed by atoms with Gasteiger partial charge in [0.2, 0.25) is 0 Å². The molecular weight excluding hydrogens is 524 g/mol. The molecule has 2 amide bonds. The number of halogens is 4. The lowest BCUT2D eigenvalue weighted by atomic mass is 9.85. The zero-order chi connectivity index (χ0) is 25.6. The zero-order valence-corrected chi connectivity index (χ0v) is 21.4. The predicted octanol–water partition coefficient (Wildman–Crippen LogP) is 6.89. The van der Waals surface area contributed by atoms with Crippen LogP contribution in [0.5, 0.6) is 0 Å². The standard InChI is InChI=1S/C26H23Cl3FN5O/c27-20-2-1-3-21(28)24(20)35-23-11-15(14-6-8-34(9-7-14)25(31)32)10-18(19(23)13-33-26(35)36)17-5-4-16(30)12-22(17)29/h1-5,10-12,14H,6-9,13H2,(H3,31,32)(H,33,36). The molecule has 6 nitrogen and oxygen atoms in total. The van der Waals surface area contributed by atoms with Gasteiger partial charge in [-0.25, -0.2) is 9.18 Å². The number of urea groups is 1. The molecule has 0 saturated carbocycles. The van der Waals surface area contributed by atoms with E-state index in [1.807, 2.05) is 11.0 Å². The van der Waals surface area contributed by atoms with Crippen LogP contribution in [0, 0.1) is 11.2 Å². The van der Waals surface area contributed by atoms with E-state index in [2.05, 4.69) is 11.4 Å². The Kier molecular flexibility index (Phi) is 6.72. The number of hydrogen-bond donors (Lipinski definition) is 3. The van der Waals surface area contributed by atoms with Gasteiger partial charge >= 0.3 is 6.03 Å². The Bertz CT molecular complexity index is 1350. The topological polar surface area (TPSA) is 85.5 Å². The number of fused-ring (bicyclic) bond motifs is 1. The molecule has 186 valence electrons. The Balaban J connectivity index is 1.70. The fourth-order valence-corrected chi connectivity index (χ4v) is 5.81. The summed E-state index contributed by atoms with van der Waals surface area (Å²) in [4.78, 5) is 16.5. The molecule has 0 radical (unpaired) electrons. The highest BCUT2D eigenvalue weighted by atomic mass is 35.5. The second-order valence-electron chi connectivity index (χ2n) is 8.90. The molecule has 3 aromatic rings. The molecule has 2 aliphatic heterocycles. The van der Waals surface area contributed by atoms with E-state index in [1.165, 1.54) is 17.0 Å². The summed E-state index contributed by atoms with van der Waals surface area (Å²) in [7, 11) is 0. The summed E-state index contributed by atoms with van der Waals surface area (Å²) in [5.41, 5.74) is 10.0. The molecule has 3 aromatic carbocycles. The van der Waals surface area contributed by atoms with Gasteiger partial charge in [-0.3, -0.25) is 10.3 Å². The van der Waals surface area contributed by atoms with Gasteiger partial charge < -0.3 is 16.0 Å². The van der Waals surface area contributed by atoms with Crippen molar-refractivity contribution in [3.05, 3.63) is 80.5 Å². The minimum atomic E-state index is -0.428. The maximum absolute atomic E-state index is 13.9. The highest BCUT2D eigenvalue weighted by Crippen LogP contribution is 2.46. The maximum Gasteiger partial charge on any atom is 0.326 e. The van der Waals surface area contributed by atoms with Crippen molar-refractivity contribution in [1.29, 1.82) is 5.41 Å². The third kappa shape index (κ3) is 4.47. The quantitative estimate of drug-likeness (QED) is 0.247. The number of nitrogens with one attached hydrogen (secondary N) is 2. The highest BCUT2D eigenvalue weighted by molar-refractivity contribution is 6.40. The highest BCUT2D eigenvalue weighted by Gasteiger charge is 2.33. The third-order valence-corrected chi connectivity index (χ3v) is 7.72. The molecule has 0 bridgehead atoms. The summed E-state index contributed by atoms with van der Waals surface area (Å²) in [6.45, 7) is 1.58. The Morgan fingerprint density at radius 2 is 1.69 bits per heavy atom. The van der Waals surface area contributed by atoms with Crippen molar-refractivity contribution in [3.8, 4) is 11.1 Å². The lowest BCUT2D eigenvalue weighted by Gasteiger charge is -2.36. The minimum absolute atomic E-state index is 0.0638. The van der Waals surface area contributed by atoms with Crippen LogP contribution in [0.25, 0.3) is 11.1 Å². The molecule has 0 atom stereocenters. The molecular formula is C26H23Cl3FN5O. The Morgan fingerprint density at radius 3 is 2.33 bits per heavy atom. The normalized spacial score (nSPS) is 16.1. The van der Waals surface area contributed by atoms with Crippen LogP contribution < -0.4 is 16.0 Å². The lowest BCUT2D eigenvalue weighted by Crippen LogP contribution is -2.42. The largest absolute Gasteiger partial charge is 0.370 e. The summed E-state index contributed by atoms with van der Waals surface area (Å²) in [5, 5.41) is 11.6. The number of nitrogens with two attached hydrogens (primary N) is 1. The van der Waals surface area contributed by atoms with Gasteiger partial charge in [0.1, 0.15) is 5.82 Å². The van der Waals surface area contributed by atoms with Crippen LogP contribution in [-0.4, -0.2) is 30.0 Å². The minimum Gasteiger partial charge on any atom is -0.370 e. The average Bonchev–Trinajstić information content (AvgIpc) is 2.84. The van der Waals surface area contributed by atoms with Gasteiger partial charge in [-0.1, -0.05) is 46.9 Å². The summed E-state index contributed by atoms with van der Waals surface area (Å²) in [5.74, 6) is -0.200. The van der Waals surface area contributed by atoms with Gasteiger partial charge in [0.15, 0.2) is 5.96 Å². The number of likely N-dealkylation sites (tertiary alicyclic amines) is 1. The van der Waals surface area contributed by atoms with Crippen LogP contribution in [0.2, 0.25) is 15.1 Å². The van der Waals surface area contributed by atoms with Crippen molar-refractivity contribution >= 4 is 58.2 Å². The van der Waals surface area contributed by atoms with Crippen LogP contribution in [0.4, 0.5) is 20.6 Å². The van der Waals surface area contributed by atoms with Crippen molar-refractivity contribution in [2.24, 2.45) is 5.73 Å². The number of benzene rings is 3. The number of amides is 2. The van der Waals surface area contributed by atoms with Crippen LogP contribution in [0.1, 0.15) is 29.9 Å². The number of piperidine rings is 1. The van der Waals surface area contributed by atoms with E-state index in [1.54, 1.807) is 24.3 Å². The van der Waals surface area contributed by atoms with Gasteiger partial charge in [0, 0.05) is 30.8 Å². The van der Waals surface area contributed by atoms with Crippen molar-refractivity contribution < 1.29 is 9.18 Å². The number of para-hydroxylation sites is 1. The van der Waals surface area contributed by atoms with E-state index < -0.39 is 5.82 Å². The van der Waals surface area contributed by atoms with Crippen LogP contribution in [-0.2, 0) is 6.54 Å². The maximum atomic E-state index is 13.9. The number of nitrogens with zero attached hydrogens (tertiary/aromatic N) is 2. The molecule has 0 aromatic heterocycles. The first-order valence-corrected chi connectivity index (χ1v) is 12.6. The zero-order valence-electron chi connectivity index (χ0n) is 19.1. The molecule has 2 aliphatic rings. The number of carbonyl (C=O) groups excluding carboxylic acids is 1. The van der Waals surface area contributed by atoms with E-state index in [9.17, 15) is 9.18 Å². The number of rotatable bonds is 3. The van der Waals surface area contributed by atoms with E-state index in [4.69, 9.17) is 45.9 Å². The molecule has 1 fully saturated rings. The summed E-state index contributed by atoms with van der Waals surface area (Å²) < 4.78 is 13.9. The van der Waals surface area contributed by atoms with Gasteiger partial charge in [-0.15, -0.1) is 0 Å². The SMILES string of the molecule is N=C(N)N1CCC(c2cc(-c3ccc(F)cc3Cl)c3c(c2)N(c2c(Cl)cccc2Cl)C(=O)NC3)CC1. The number of carbonyl (C=O) groups is 1. The Labute approximate surface area is 223 Å². The fourth-order valence-electron chi connectivity index (χ4n) is 4.98. The molecule has 4 N–H and O–H groups in total. The second kappa shape index (κ2) is 9.81. The van der Waals surface area contributed by atoms with E-state index in [-0.39, 0.29) is 29.5 Å². The van der Waals surface area contributed by atoms with Gasteiger partial charge in [0.05, 0.1) is 26.4 Å².